The topological polar surface area (TPSA) is 46.0 Å². The van der Waals surface area contributed by atoms with E-state index in [9.17, 15) is 4.79 Å². The van der Waals surface area contributed by atoms with Gasteiger partial charge in [-0.2, -0.15) is 0 Å². The minimum atomic E-state index is -0.182. The number of aromatic amines is 1. The van der Waals surface area contributed by atoms with Gasteiger partial charge in [-0.25, -0.2) is 0 Å². The fourth-order valence-corrected chi connectivity index (χ4v) is 1.14. The number of hydrogen-bond donors (Lipinski definition) is 1. The average Bonchev–Trinajstić information content (AvgIpc) is 2.31. The van der Waals surface area contributed by atoms with E-state index in [1.807, 2.05) is 0 Å². The van der Waals surface area contributed by atoms with Gasteiger partial charge in [0.05, 0.1) is 5.39 Å². The van der Waals surface area contributed by atoms with Crippen LogP contribution in [0.5, 0.6) is 0 Å². The largest absolute Gasteiger partial charge is 0.444 e. The third kappa shape index (κ3) is 0.935. The monoisotopic (exact) mass is 169 g/mol. The quantitative estimate of drug-likeness (QED) is 0.654. The molecular formula is C7H4ClNO2. The lowest BCUT2D eigenvalue weighted by atomic mass is 10.3. The molecule has 56 valence electrons. The maximum Gasteiger partial charge on any atom is 0.259 e. The Morgan fingerprint density at radius 2 is 2.36 bits per heavy atom. The molecule has 0 amide bonds. The molecule has 0 saturated carbocycles. The summed E-state index contributed by atoms with van der Waals surface area (Å²) < 4.78 is 4.99. The van der Waals surface area contributed by atoms with Crippen molar-refractivity contribution in [3.63, 3.8) is 0 Å². The highest BCUT2D eigenvalue weighted by molar-refractivity contribution is 6.29. The summed E-state index contributed by atoms with van der Waals surface area (Å²) in [7, 11) is 0. The van der Waals surface area contributed by atoms with Gasteiger partial charge in [0.1, 0.15) is 5.58 Å². The van der Waals surface area contributed by atoms with Gasteiger partial charge in [0, 0.05) is 12.3 Å². The number of aromatic nitrogens is 1. The van der Waals surface area contributed by atoms with Crippen LogP contribution in [-0.2, 0) is 0 Å². The number of halogens is 1. The number of hydrogen-bond acceptors (Lipinski definition) is 2. The van der Waals surface area contributed by atoms with Crippen LogP contribution >= 0.6 is 11.6 Å². The number of rotatable bonds is 0. The third-order valence-corrected chi connectivity index (χ3v) is 1.61. The Bertz CT molecular complexity index is 443. The first-order valence-corrected chi connectivity index (χ1v) is 3.42. The zero-order valence-corrected chi connectivity index (χ0v) is 6.18. The van der Waals surface area contributed by atoms with Crippen LogP contribution in [0.15, 0.2) is 27.5 Å². The highest BCUT2D eigenvalue weighted by Gasteiger charge is 2.02. The van der Waals surface area contributed by atoms with Crippen LogP contribution in [0.3, 0.4) is 0 Å². The predicted octanol–water partition coefficient (Wildman–Crippen LogP) is 1.77. The third-order valence-electron chi connectivity index (χ3n) is 1.42. The molecule has 0 spiro atoms. The van der Waals surface area contributed by atoms with Gasteiger partial charge in [-0.05, 0) is 17.7 Å². The van der Waals surface area contributed by atoms with Gasteiger partial charge in [-0.1, -0.05) is 0 Å². The van der Waals surface area contributed by atoms with Crippen molar-refractivity contribution in [1.82, 2.24) is 4.98 Å². The van der Waals surface area contributed by atoms with Crippen molar-refractivity contribution in [3.05, 3.63) is 33.9 Å². The molecule has 0 bridgehead atoms. The zero-order chi connectivity index (χ0) is 7.84. The van der Waals surface area contributed by atoms with Gasteiger partial charge in [0.15, 0.2) is 5.22 Å². The van der Waals surface area contributed by atoms with Crippen LogP contribution in [0.2, 0.25) is 5.22 Å². The fourth-order valence-electron chi connectivity index (χ4n) is 0.946. The number of pyridine rings is 1. The van der Waals surface area contributed by atoms with Crippen LogP contribution in [0.4, 0.5) is 0 Å². The first-order valence-electron chi connectivity index (χ1n) is 3.04. The van der Waals surface area contributed by atoms with Gasteiger partial charge >= 0.3 is 0 Å². The molecule has 0 aliphatic carbocycles. The van der Waals surface area contributed by atoms with Crippen LogP contribution in [0, 0.1) is 0 Å². The second kappa shape index (κ2) is 2.13. The Morgan fingerprint density at radius 1 is 1.55 bits per heavy atom. The van der Waals surface area contributed by atoms with E-state index in [0.717, 1.165) is 0 Å². The molecule has 2 aromatic rings. The van der Waals surface area contributed by atoms with E-state index in [-0.39, 0.29) is 10.8 Å². The standard InChI is InChI=1S/C7H4ClNO2/c8-6-3-4-5(11-6)1-2-9-7(4)10/h1-3H,(H,9,10). The van der Waals surface area contributed by atoms with Crippen molar-refractivity contribution in [3.8, 4) is 0 Å². The molecule has 1 N–H and O–H groups in total. The number of furan rings is 1. The first-order chi connectivity index (χ1) is 5.27. The molecule has 2 heterocycles. The van der Waals surface area contributed by atoms with E-state index < -0.39 is 0 Å². The smallest absolute Gasteiger partial charge is 0.259 e. The number of fused-ring (bicyclic) bond motifs is 1. The maximum absolute atomic E-state index is 11.0. The van der Waals surface area contributed by atoms with Crippen molar-refractivity contribution in [2.24, 2.45) is 0 Å². The summed E-state index contributed by atoms with van der Waals surface area (Å²) in [5.41, 5.74) is 0.330. The van der Waals surface area contributed by atoms with Crippen molar-refractivity contribution < 1.29 is 4.42 Å². The second-order valence-corrected chi connectivity index (χ2v) is 2.51. The lowest BCUT2D eigenvalue weighted by molar-refractivity contribution is 0.617. The van der Waals surface area contributed by atoms with Crippen molar-refractivity contribution in [2.45, 2.75) is 0 Å². The fraction of sp³-hybridized carbons (Fsp3) is 0. The number of nitrogens with one attached hydrogen (secondary N) is 1. The van der Waals surface area contributed by atoms with E-state index >= 15 is 0 Å². The normalized spacial score (nSPS) is 10.6. The van der Waals surface area contributed by atoms with E-state index in [1.165, 1.54) is 12.3 Å². The molecule has 0 aliphatic rings. The second-order valence-electron chi connectivity index (χ2n) is 2.14. The molecule has 0 aliphatic heterocycles. The summed E-state index contributed by atoms with van der Waals surface area (Å²) in [5, 5.41) is 0.717. The van der Waals surface area contributed by atoms with Gasteiger partial charge in [-0.3, -0.25) is 4.79 Å². The Morgan fingerprint density at radius 3 is 3.09 bits per heavy atom. The molecule has 3 nitrogen and oxygen atoms in total. The first kappa shape index (κ1) is 6.49. The molecule has 0 radical (unpaired) electrons. The zero-order valence-electron chi connectivity index (χ0n) is 5.43. The van der Waals surface area contributed by atoms with Gasteiger partial charge < -0.3 is 9.40 Å². The van der Waals surface area contributed by atoms with Gasteiger partial charge in [-0.15, -0.1) is 0 Å². The summed E-state index contributed by atoms with van der Waals surface area (Å²) in [5.74, 6) is 0. The molecule has 0 unspecified atom stereocenters. The van der Waals surface area contributed by atoms with Gasteiger partial charge in [0.2, 0.25) is 0 Å². The molecule has 0 saturated heterocycles. The summed E-state index contributed by atoms with van der Waals surface area (Å²) >= 11 is 5.54. The molecule has 2 rings (SSSR count). The lowest BCUT2D eigenvalue weighted by Crippen LogP contribution is -2.01. The summed E-state index contributed by atoms with van der Waals surface area (Å²) in [6, 6.07) is 3.15. The van der Waals surface area contributed by atoms with E-state index in [0.29, 0.717) is 11.0 Å². The Balaban J connectivity index is 3.02. The highest BCUT2D eigenvalue weighted by atomic mass is 35.5. The lowest BCUT2D eigenvalue weighted by Gasteiger charge is -1.82. The number of H-pyrrole nitrogens is 1. The SMILES string of the molecule is O=c1[nH]ccc2oc(Cl)cc12. The summed E-state index contributed by atoms with van der Waals surface area (Å²) in [4.78, 5) is 13.5. The van der Waals surface area contributed by atoms with Crippen molar-refractivity contribution in [1.29, 1.82) is 0 Å². The molecular weight excluding hydrogens is 166 g/mol. The average molecular weight is 170 g/mol. The molecule has 0 atom stereocenters. The van der Waals surface area contributed by atoms with Crippen molar-refractivity contribution in [2.75, 3.05) is 0 Å². The maximum atomic E-state index is 11.0. The molecule has 0 aromatic carbocycles. The summed E-state index contributed by atoms with van der Waals surface area (Å²) in [6.07, 6.45) is 1.52. The minimum absolute atomic E-state index is 0.182. The Hall–Kier alpha value is -1.22. The van der Waals surface area contributed by atoms with Crippen molar-refractivity contribution >= 4 is 22.6 Å². The molecule has 0 fully saturated rings. The van der Waals surface area contributed by atoms with Crippen LogP contribution in [0.25, 0.3) is 11.0 Å². The van der Waals surface area contributed by atoms with E-state index in [1.54, 1.807) is 6.07 Å². The Kier molecular flexibility index (Phi) is 1.26. The van der Waals surface area contributed by atoms with E-state index in [4.69, 9.17) is 16.0 Å². The molecule has 11 heavy (non-hydrogen) atoms. The van der Waals surface area contributed by atoms with E-state index in [2.05, 4.69) is 4.98 Å². The van der Waals surface area contributed by atoms with Crippen LogP contribution < -0.4 is 5.56 Å². The highest BCUT2D eigenvalue weighted by Crippen LogP contribution is 2.18. The van der Waals surface area contributed by atoms with Crippen LogP contribution in [0.1, 0.15) is 0 Å². The minimum Gasteiger partial charge on any atom is -0.444 e. The predicted molar refractivity (Wildman–Crippen MR) is 41.8 cm³/mol. The molecule has 2 aromatic heterocycles. The Labute approximate surface area is 66.6 Å². The summed E-state index contributed by atoms with van der Waals surface area (Å²) in [6.45, 7) is 0. The van der Waals surface area contributed by atoms with Gasteiger partial charge in [0.25, 0.3) is 5.56 Å². The molecule has 4 heteroatoms. The van der Waals surface area contributed by atoms with Crippen LogP contribution in [-0.4, -0.2) is 4.98 Å².